The van der Waals surface area contributed by atoms with Crippen LogP contribution in [0.15, 0.2) is 24.3 Å². The summed E-state index contributed by atoms with van der Waals surface area (Å²) in [6, 6.07) is 0. The molecule has 2 N–H and O–H groups in total. The molecule has 0 aromatic rings. The average molecular weight is 932 g/mol. The van der Waals surface area contributed by atoms with Crippen molar-refractivity contribution in [3.8, 4) is 0 Å². The van der Waals surface area contributed by atoms with Gasteiger partial charge in [0.2, 0.25) is 0 Å². The van der Waals surface area contributed by atoms with E-state index in [1.54, 1.807) is 0 Å². The number of halogens is 3. The van der Waals surface area contributed by atoms with E-state index < -0.39 is 30.3 Å². The molecule has 0 spiro atoms. The molecule has 0 radical (unpaired) electrons. The van der Waals surface area contributed by atoms with E-state index in [-0.39, 0.29) is 43.5 Å². The van der Waals surface area contributed by atoms with Gasteiger partial charge in [-0.25, -0.2) is 0 Å². The van der Waals surface area contributed by atoms with Gasteiger partial charge in [-0.2, -0.15) is 0 Å². The number of carbonyl (C=O) groups excluding carboxylic acids is 3. The van der Waals surface area contributed by atoms with Gasteiger partial charge in [0.1, 0.15) is 12.5 Å². The first kappa shape index (κ1) is 43.7. The maximum atomic E-state index is 11.4. The van der Waals surface area contributed by atoms with E-state index in [9.17, 15) is 24.3 Å². The fraction of sp³-hybridized carbons (Fsp3) is 0.704. The first-order valence-electron chi connectivity index (χ1n) is 12.6. The number of aliphatic hydroxyl groups is 1. The Morgan fingerprint density at radius 3 is 1.62 bits per heavy atom. The molecule has 39 heavy (non-hydrogen) atoms. The van der Waals surface area contributed by atoms with Crippen LogP contribution in [0.3, 0.4) is 0 Å². The number of ether oxygens (including phenoxy) is 2. The Morgan fingerprint density at radius 2 is 1.28 bits per heavy atom. The Balaban J connectivity index is -0.000000244. The number of rotatable bonds is 5. The SMILES string of the molecule is C=C(C)C1CCC(C)CC1O.C=C(C)C1CCC(C)CC1OC(=O)CC(=O)O.CC(=O)OC(C)=O.I.[2HH].[I][V][I]. The summed E-state index contributed by atoms with van der Waals surface area (Å²) < 4.78 is 9.24. The van der Waals surface area contributed by atoms with E-state index >= 15 is 0 Å². The van der Waals surface area contributed by atoms with E-state index in [0.717, 1.165) is 43.3 Å². The molecule has 8 nitrogen and oxygen atoms in total. The van der Waals surface area contributed by atoms with E-state index in [2.05, 4.69) is 71.7 Å². The van der Waals surface area contributed by atoms with Crippen molar-refractivity contribution in [1.29, 1.82) is 0 Å². The minimum absolute atomic E-state index is 0. The van der Waals surface area contributed by atoms with Crippen LogP contribution in [0.5, 0.6) is 0 Å². The van der Waals surface area contributed by atoms with Crippen LogP contribution in [0.25, 0.3) is 0 Å². The van der Waals surface area contributed by atoms with E-state index in [0.29, 0.717) is 27.2 Å². The van der Waals surface area contributed by atoms with Crippen molar-refractivity contribution in [2.45, 2.75) is 98.7 Å². The molecule has 2 rings (SSSR count). The number of aliphatic hydroxyl groups excluding tert-OH is 1. The number of hydrogen-bond acceptors (Lipinski definition) is 7. The topological polar surface area (TPSA) is 127 Å². The van der Waals surface area contributed by atoms with Crippen LogP contribution in [-0.4, -0.2) is 46.3 Å². The molecule has 2 fully saturated rings. The van der Waals surface area contributed by atoms with Crippen molar-refractivity contribution in [3.05, 3.63) is 24.3 Å². The van der Waals surface area contributed by atoms with Crippen LogP contribution in [0.1, 0.15) is 87.9 Å². The molecule has 0 aromatic carbocycles. The summed E-state index contributed by atoms with van der Waals surface area (Å²) in [5, 5.41) is 18.2. The third-order valence-corrected chi connectivity index (χ3v) is 6.26. The van der Waals surface area contributed by atoms with Crippen molar-refractivity contribution < 1.29 is 49.8 Å². The summed E-state index contributed by atoms with van der Waals surface area (Å²) in [4.78, 5) is 41.4. The molecule has 0 heterocycles. The number of carboxylic acids is 1. The third-order valence-electron chi connectivity index (χ3n) is 6.26. The number of hydrogen-bond donors (Lipinski definition) is 2. The van der Waals surface area contributed by atoms with Crippen LogP contribution in [0, 0.1) is 23.7 Å². The molecule has 0 aliphatic heterocycles. The zero-order chi connectivity index (χ0) is 30.0. The molecule has 0 aromatic heterocycles. The molecular weight excluding hydrogens is 884 g/mol. The second-order valence-electron chi connectivity index (χ2n) is 10.1. The van der Waals surface area contributed by atoms with Crippen molar-refractivity contribution in [1.82, 2.24) is 0 Å². The van der Waals surface area contributed by atoms with Crippen molar-refractivity contribution >= 4 is 87.8 Å². The zero-order valence-electron chi connectivity index (χ0n) is 23.8. The van der Waals surface area contributed by atoms with Gasteiger partial charge in [0.15, 0.2) is 0 Å². The first-order chi connectivity index (χ1) is 17.5. The molecule has 2 aliphatic rings. The second-order valence-corrected chi connectivity index (χ2v) is 21.8. The summed E-state index contributed by atoms with van der Waals surface area (Å²) in [7, 11) is 0.628. The van der Waals surface area contributed by atoms with Crippen LogP contribution >= 0.6 is 63.9 Å². The fourth-order valence-corrected chi connectivity index (χ4v) is 4.48. The third kappa shape index (κ3) is 23.5. The Morgan fingerprint density at radius 1 is 0.872 bits per heavy atom. The van der Waals surface area contributed by atoms with Crippen molar-refractivity contribution in [3.63, 3.8) is 0 Å². The van der Waals surface area contributed by atoms with E-state index in [1.807, 2.05) is 13.8 Å². The van der Waals surface area contributed by atoms with E-state index in [4.69, 9.17) is 9.84 Å². The predicted octanol–water partition coefficient (Wildman–Crippen LogP) is 7.47. The predicted molar refractivity (Wildman–Crippen MR) is 179 cm³/mol. The Labute approximate surface area is 281 Å². The zero-order valence-corrected chi connectivity index (χ0v) is 31.8. The molecule has 0 amide bonds. The molecule has 2 saturated carbocycles. The van der Waals surface area contributed by atoms with Crippen LogP contribution < -0.4 is 0 Å². The molecule has 0 bridgehead atoms. The summed E-state index contributed by atoms with van der Waals surface area (Å²) >= 11 is 4.74. The fourth-order valence-electron chi connectivity index (χ4n) is 4.48. The summed E-state index contributed by atoms with van der Waals surface area (Å²) in [5.41, 5.74) is 2.15. The van der Waals surface area contributed by atoms with Gasteiger partial charge in [-0.3, -0.25) is 19.2 Å². The monoisotopic (exact) mass is 932 g/mol. The van der Waals surface area contributed by atoms with Gasteiger partial charge >= 0.3 is 73.3 Å². The molecule has 229 valence electrons. The van der Waals surface area contributed by atoms with Gasteiger partial charge < -0.3 is 19.7 Å². The molecule has 6 atom stereocenters. The molecule has 2 aliphatic carbocycles. The Kier molecular flexibility index (Phi) is 27.9. The second kappa shape index (κ2) is 24.9. The van der Waals surface area contributed by atoms with Crippen LogP contribution in [0.4, 0.5) is 0 Å². The number of carbonyl (C=O) groups is 4. The van der Waals surface area contributed by atoms with Gasteiger partial charge in [-0.1, -0.05) is 38.2 Å². The normalized spacial score (nSPS) is 25.1. The van der Waals surface area contributed by atoms with Crippen molar-refractivity contribution in [2.24, 2.45) is 23.7 Å². The van der Waals surface area contributed by atoms with Gasteiger partial charge in [0.05, 0.1) is 6.10 Å². The molecule has 12 heteroatoms. The van der Waals surface area contributed by atoms with Gasteiger partial charge in [-0.05, 0) is 64.2 Å². The molecule has 6 unspecified atom stereocenters. The average Bonchev–Trinajstić information content (AvgIpc) is 2.73. The quantitative estimate of drug-likeness (QED) is 0.126. The summed E-state index contributed by atoms with van der Waals surface area (Å²) in [5.74, 6) is -1.18. The van der Waals surface area contributed by atoms with Crippen LogP contribution in [-0.2, 0) is 38.1 Å². The number of aliphatic carboxylic acids is 1. The van der Waals surface area contributed by atoms with Crippen molar-refractivity contribution in [2.75, 3.05) is 0 Å². The van der Waals surface area contributed by atoms with Gasteiger partial charge in [0, 0.05) is 27.1 Å². The first-order valence-corrected chi connectivity index (χ1v) is 21.6. The standard InChI is InChI=1S/C13H20O4.C10H18O.C4H6O3.3HI.V.H2/c1-8(2)10-5-4-9(3)6-11(10)17-13(16)7-12(14)15;1-7(2)9-5-4-8(3)6-10(9)11;1-3(5)7-4(2)6;;;;;/h9-11H,1,4-7H2,2-3H3,(H,14,15);8-11H,1,4-6H2,2-3H3;1-2H3;3*1H;;1H/q;;;;;;+2;/p-2/i;;;;;;;1+1. The number of carboxylic acid groups (broad SMARTS) is 1. The summed E-state index contributed by atoms with van der Waals surface area (Å²) in [6.45, 7) is 18.4. The number of esters is 3. The van der Waals surface area contributed by atoms with Gasteiger partial charge in [-0.15, -0.1) is 24.0 Å². The molecule has 0 saturated heterocycles. The Hall–Kier alpha value is 0.294. The van der Waals surface area contributed by atoms with Crippen LogP contribution in [0.2, 0.25) is 0 Å². The minimum atomic E-state index is -1.15. The molecular formula is C27H47I3O8V. The van der Waals surface area contributed by atoms with Gasteiger partial charge in [0.25, 0.3) is 0 Å². The Bertz CT molecular complexity index is 788. The van der Waals surface area contributed by atoms with E-state index in [1.165, 1.54) is 20.3 Å². The maximum absolute atomic E-state index is 11.4. The summed E-state index contributed by atoms with van der Waals surface area (Å²) in [6.07, 6.45) is 5.28.